The third-order valence-corrected chi connectivity index (χ3v) is 7.20. The van der Waals surface area contributed by atoms with Gasteiger partial charge in [0, 0.05) is 40.7 Å². The van der Waals surface area contributed by atoms with Gasteiger partial charge in [0.05, 0.1) is 5.56 Å². The van der Waals surface area contributed by atoms with E-state index < -0.39 is 5.60 Å². The molecule has 2 aliphatic heterocycles. The van der Waals surface area contributed by atoms with E-state index in [-0.39, 0.29) is 5.97 Å². The molecule has 0 amide bonds. The van der Waals surface area contributed by atoms with Gasteiger partial charge >= 0.3 is 5.97 Å². The van der Waals surface area contributed by atoms with Gasteiger partial charge in [-0.2, -0.15) is 0 Å². The van der Waals surface area contributed by atoms with Crippen LogP contribution in [0.4, 0.5) is 11.4 Å². The minimum absolute atomic E-state index is 0.305. The molecule has 0 radical (unpaired) electrons. The van der Waals surface area contributed by atoms with E-state index in [9.17, 15) is 4.79 Å². The van der Waals surface area contributed by atoms with E-state index in [1.807, 2.05) is 30.3 Å². The van der Waals surface area contributed by atoms with Gasteiger partial charge in [-0.05, 0) is 67.8 Å². The van der Waals surface area contributed by atoms with Gasteiger partial charge in [-0.1, -0.05) is 49.4 Å². The number of fused-ring (bicyclic) bond motifs is 6. The Morgan fingerprint density at radius 3 is 2.40 bits per heavy atom. The second-order valence-electron chi connectivity index (χ2n) is 9.11. The molecular formula is C31H27NO3. The highest BCUT2D eigenvalue weighted by Gasteiger charge is 2.53. The molecule has 2 heterocycles. The maximum atomic E-state index is 13.1. The SMILES string of the molecule is CCc1ccc2c(c1)C1(OC(=O)c3ccccc31)c1ccc(N(CC)c3ccccc3C)cc1O2. The van der Waals surface area contributed by atoms with Crippen molar-refractivity contribution in [3.63, 3.8) is 0 Å². The Labute approximate surface area is 205 Å². The Balaban J connectivity index is 1.58. The number of hydrogen-bond donors (Lipinski definition) is 0. The summed E-state index contributed by atoms with van der Waals surface area (Å²) in [6.45, 7) is 7.20. The number of anilines is 2. The zero-order valence-corrected chi connectivity index (χ0v) is 20.2. The summed E-state index contributed by atoms with van der Waals surface area (Å²) in [5, 5.41) is 0. The molecule has 1 spiro atoms. The summed E-state index contributed by atoms with van der Waals surface area (Å²) in [6, 6.07) is 28.5. The fourth-order valence-corrected chi connectivity index (χ4v) is 5.45. The molecule has 0 aliphatic carbocycles. The third kappa shape index (κ3) is 3.09. The lowest BCUT2D eigenvalue weighted by Crippen LogP contribution is -2.33. The number of para-hydroxylation sites is 1. The van der Waals surface area contributed by atoms with Gasteiger partial charge in [0.2, 0.25) is 0 Å². The average Bonchev–Trinajstić information content (AvgIpc) is 3.18. The number of nitrogens with zero attached hydrogens (tertiary/aromatic N) is 1. The predicted octanol–water partition coefficient (Wildman–Crippen LogP) is 7.28. The fraction of sp³-hybridized carbons (Fsp3) is 0.194. The Hall–Kier alpha value is -4.05. The Bertz CT molecular complexity index is 1470. The molecule has 4 aromatic carbocycles. The van der Waals surface area contributed by atoms with Gasteiger partial charge in [0.25, 0.3) is 0 Å². The molecule has 6 rings (SSSR count). The maximum Gasteiger partial charge on any atom is 0.340 e. The minimum atomic E-state index is -1.03. The monoisotopic (exact) mass is 461 g/mol. The average molecular weight is 462 g/mol. The number of hydrogen-bond acceptors (Lipinski definition) is 4. The van der Waals surface area contributed by atoms with Gasteiger partial charge in [0.1, 0.15) is 11.5 Å². The third-order valence-electron chi connectivity index (χ3n) is 7.20. The van der Waals surface area contributed by atoms with Crippen molar-refractivity contribution in [1.82, 2.24) is 0 Å². The number of esters is 1. The molecule has 2 aliphatic rings. The van der Waals surface area contributed by atoms with Crippen LogP contribution >= 0.6 is 0 Å². The molecular weight excluding hydrogens is 434 g/mol. The molecule has 0 fully saturated rings. The Morgan fingerprint density at radius 1 is 0.800 bits per heavy atom. The van der Waals surface area contributed by atoms with E-state index in [4.69, 9.17) is 9.47 Å². The highest BCUT2D eigenvalue weighted by molar-refractivity contribution is 5.97. The largest absolute Gasteiger partial charge is 0.456 e. The van der Waals surface area contributed by atoms with Crippen molar-refractivity contribution >= 4 is 17.3 Å². The molecule has 4 nitrogen and oxygen atoms in total. The number of ether oxygens (including phenoxy) is 2. The van der Waals surface area contributed by atoms with E-state index >= 15 is 0 Å². The molecule has 35 heavy (non-hydrogen) atoms. The summed E-state index contributed by atoms with van der Waals surface area (Å²) in [7, 11) is 0. The summed E-state index contributed by atoms with van der Waals surface area (Å²) in [6.07, 6.45) is 0.882. The van der Waals surface area contributed by atoms with Crippen LogP contribution in [0.25, 0.3) is 0 Å². The molecule has 0 N–H and O–H groups in total. The van der Waals surface area contributed by atoms with Crippen molar-refractivity contribution in [3.05, 3.63) is 118 Å². The van der Waals surface area contributed by atoms with Crippen LogP contribution in [0, 0.1) is 6.92 Å². The number of benzene rings is 4. The zero-order valence-electron chi connectivity index (χ0n) is 20.2. The van der Waals surface area contributed by atoms with Crippen LogP contribution in [0.2, 0.25) is 0 Å². The minimum Gasteiger partial charge on any atom is -0.456 e. The molecule has 0 aromatic heterocycles. The number of carbonyl (C=O) groups excluding carboxylic acids is 1. The second kappa shape index (κ2) is 8.02. The quantitative estimate of drug-likeness (QED) is 0.299. The molecule has 1 atom stereocenters. The lowest BCUT2D eigenvalue weighted by molar-refractivity contribution is 0.0224. The predicted molar refractivity (Wildman–Crippen MR) is 138 cm³/mol. The van der Waals surface area contributed by atoms with Gasteiger partial charge < -0.3 is 14.4 Å². The Morgan fingerprint density at radius 2 is 1.60 bits per heavy atom. The molecule has 0 bridgehead atoms. The highest BCUT2D eigenvalue weighted by atomic mass is 16.6. The van der Waals surface area contributed by atoms with Crippen molar-refractivity contribution in [3.8, 4) is 11.5 Å². The van der Waals surface area contributed by atoms with Crippen LogP contribution in [-0.2, 0) is 16.8 Å². The molecule has 1 unspecified atom stereocenters. The molecule has 174 valence electrons. The van der Waals surface area contributed by atoms with E-state index in [2.05, 4.69) is 80.3 Å². The summed E-state index contributed by atoms with van der Waals surface area (Å²) in [5.41, 5.74) is 6.73. The van der Waals surface area contributed by atoms with Crippen molar-refractivity contribution in [1.29, 1.82) is 0 Å². The maximum absolute atomic E-state index is 13.1. The van der Waals surface area contributed by atoms with Crippen LogP contribution in [0.5, 0.6) is 11.5 Å². The van der Waals surface area contributed by atoms with E-state index in [0.717, 1.165) is 46.8 Å². The van der Waals surface area contributed by atoms with Crippen molar-refractivity contribution in [2.45, 2.75) is 32.8 Å². The zero-order chi connectivity index (χ0) is 24.2. The molecule has 0 saturated carbocycles. The smallest absolute Gasteiger partial charge is 0.340 e. The lowest BCUT2D eigenvalue weighted by atomic mass is 9.77. The number of aryl methyl sites for hydroxylation is 2. The summed E-state index contributed by atoms with van der Waals surface area (Å²) in [4.78, 5) is 15.4. The first-order valence-corrected chi connectivity index (χ1v) is 12.2. The van der Waals surface area contributed by atoms with Gasteiger partial charge in [-0.3, -0.25) is 0 Å². The summed E-state index contributed by atoms with van der Waals surface area (Å²) < 4.78 is 12.8. The first kappa shape index (κ1) is 21.5. The van der Waals surface area contributed by atoms with Crippen LogP contribution in [-0.4, -0.2) is 12.5 Å². The summed E-state index contributed by atoms with van der Waals surface area (Å²) >= 11 is 0. The molecule has 4 heteroatoms. The number of carbonyl (C=O) groups is 1. The highest BCUT2D eigenvalue weighted by Crippen LogP contribution is 2.56. The first-order valence-electron chi connectivity index (χ1n) is 12.2. The van der Waals surface area contributed by atoms with E-state index in [0.29, 0.717) is 11.3 Å². The normalized spacial score (nSPS) is 17.3. The standard InChI is InChI=1S/C31H27NO3/c1-4-21-14-17-28-26(18-21)31(24-12-8-7-11-23(24)30(33)35-31)25-16-15-22(19-29(25)34-28)32(5-2)27-13-9-6-10-20(27)3/h6-19H,4-5H2,1-3H3. The van der Waals surface area contributed by atoms with Gasteiger partial charge in [-0.15, -0.1) is 0 Å². The van der Waals surface area contributed by atoms with Gasteiger partial charge in [-0.25, -0.2) is 4.79 Å². The first-order chi connectivity index (χ1) is 17.1. The van der Waals surface area contributed by atoms with E-state index in [1.54, 1.807) is 0 Å². The lowest BCUT2D eigenvalue weighted by Gasteiger charge is -2.37. The van der Waals surface area contributed by atoms with Crippen molar-refractivity contribution in [2.75, 3.05) is 11.4 Å². The van der Waals surface area contributed by atoms with Gasteiger partial charge in [0.15, 0.2) is 5.60 Å². The fourth-order valence-electron chi connectivity index (χ4n) is 5.45. The summed E-state index contributed by atoms with van der Waals surface area (Å²) in [5.74, 6) is 1.12. The van der Waals surface area contributed by atoms with Crippen molar-refractivity contribution in [2.24, 2.45) is 0 Å². The van der Waals surface area contributed by atoms with E-state index in [1.165, 1.54) is 11.1 Å². The van der Waals surface area contributed by atoms with Crippen molar-refractivity contribution < 1.29 is 14.3 Å². The van der Waals surface area contributed by atoms with Crippen LogP contribution in [0.3, 0.4) is 0 Å². The Kier molecular flexibility index (Phi) is 4.92. The number of rotatable bonds is 4. The van der Waals surface area contributed by atoms with Crippen LogP contribution < -0.4 is 9.64 Å². The molecule has 0 saturated heterocycles. The van der Waals surface area contributed by atoms with Crippen LogP contribution in [0.1, 0.15) is 52.0 Å². The second-order valence-corrected chi connectivity index (χ2v) is 9.11. The molecule has 4 aromatic rings. The van der Waals surface area contributed by atoms with Crippen LogP contribution in [0.15, 0.2) is 84.9 Å². The topological polar surface area (TPSA) is 38.8 Å².